The van der Waals surface area contributed by atoms with E-state index in [1.807, 2.05) is 0 Å². The van der Waals surface area contributed by atoms with Gasteiger partial charge in [0.2, 0.25) is 10.0 Å². The number of methoxy groups -OCH3 is 1. The van der Waals surface area contributed by atoms with Gasteiger partial charge >= 0.3 is 6.16 Å². The number of ether oxygens (including phenoxy) is 2. The van der Waals surface area contributed by atoms with Gasteiger partial charge in [-0.15, -0.1) is 0 Å². The van der Waals surface area contributed by atoms with Gasteiger partial charge in [-0.25, -0.2) is 17.9 Å². The minimum absolute atomic E-state index is 0.00213. The molecule has 0 saturated heterocycles. The van der Waals surface area contributed by atoms with E-state index in [1.165, 1.54) is 25.3 Å². The second-order valence-corrected chi connectivity index (χ2v) is 24.2. The van der Waals surface area contributed by atoms with E-state index in [-0.39, 0.29) is 29.7 Å². The highest BCUT2D eigenvalue weighted by atomic mass is 32.2. The minimum atomic E-state index is -4.36. The predicted molar refractivity (Wildman–Crippen MR) is 165 cm³/mol. The molecule has 0 aliphatic rings. The molecule has 0 bridgehead atoms. The number of nitro benzene ring substituents is 1. The molecule has 1 aromatic carbocycles. The molecule has 0 radical (unpaired) electrons. The monoisotopic (exact) mass is 632 g/mol. The molecule has 234 valence electrons. The number of nitro groups is 1. The molecule has 0 amide bonds. The molecule has 2 atom stereocenters. The van der Waals surface area contributed by atoms with Crippen LogP contribution in [-0.4, -0.2) is 68.6 Å². The lowest BCUT2D eigenvalue weighted by molar-refractivity contribution is -0.387. The number of nitrogens with zero attached hydrogens (tertiary/aromatic N) is 1. The van der Waals surface area contributed by atoms with Crippen molar-refractivity contribution >= 4 is 38.5 Å². The molecule has 1 N–H and O–H groups in total. The first-order valence-electron chi connectivity index (χ1n) is 13.5. The third-order valence-corrected chi connectivity index (χ3v) is 18.3. The molecule has 1 rings (SSSR count). The van der Waals surface area contributed by atoms with Crippen LogP contribution in [0.25, 0.3) is 0 Å². The van der Waals surface area contributed by atoms with Crippen LogP contribution in [0, 0.1) is 10.1 Å². The largest absolute Gasteiger partial charge is 0.508 e. The summed E-state index contributed by atoms with van der Waals surface area (Å²) in [5.74, 6) is 0. The molecule has 0 saturated carbocycles. The maximum atomic E-state index is 13.6. The number of nitrogens with one attached hydrogen (secondary N) is 1. The van der Waals surface area contributed by atoms with Crippen molar-refractivity contribution in [2.24, 2.45) is 0 Å². The Kier molecular flexibility index (Phi) is 12.9. The van der Waals surface area contributed by atoms with Gasteiger partial charge in [0.05, 0.1) is 30.8 Å². The molecule has 0 aliphatic heterocycles. The summed E-state index contributed by atoms with van der Waals surface area (Å²) in [4.78, 5) is 21.8. The normalized spacial score (nSPS) is 15.0. The van der Waals surface area contributed by atoms with Crippen LogP contribution in [0.2, 0.25) is 36.3 Å². The highest BCUT2D eigenvalue weighted by Gasteiger charge is 2.43. The van der Waals surface area contributed by atoms with E-state index >= 15 is 0 Å². The smallest absolute Gasteiger partial charge is 0.438 e. The lowest BCUT2D eigenvalue weighted by Gasteiger charge is -2.42. The van der Waals surface area contributed by atoms with Crippen LogP contribution in [0.5, 0.6) is 0 Å². The van der Waals surface area contributed by atoms with Crippen LogP contribution in [0.3, 0.4) is 0 Å². The zero-order valence-electron chi connectivity index (χ0n) is 26.3. The van der Waals surface area contributed by atoms with Crippen LogP contribution in [0.4, 0.5) is 10.5 Å². The SMILES string of the molecule is COC(=O)OC/C=C/C[C@@H](O[Si](C)(C)C(C)(C)C)[C@@H](CO[Si](C)(C)C(C)(C)C)NS(=O)(=O)c1ccccc1[N+](=O)[O-]. The van der Waals surface area contributed by atoms with Crippen LogP contribution in [0.1, 0.15) is 48.0 Å². The van der Waals surface area contributed by atoms with Crippen LogP contribution in [0.15, 0.2) is 41.3 Å². The van der Waals surface area contributed by atoms with Crippen molar-refractivity contribution in [3.63, 3.8) is 0 Å². The highest BCUT2D eigenvalue weighted by Crippen LogP contribution is 2.39. The predicted octanol–water partition coefficient (Wildman–Crippen LogP) is 6.38. The average molecular weight is 633 g/mol. The van der Waals surface area contributed by atoms with Crippen molar-refractivity contribution in [3.8, 4) is 0 Å². The van der Waals surface area contributed by atoms with E-state index in [0.29, 0.717) is 0 Å². The van der Waals surface area contributed by atoms with Gasteiger partial charge in [-0.3, -0.25) is 10.1 Å². The van der Waals surface area contributed by atoms with E-state index in [2.05, 4.69) is 77.2 Å². The van der Waals surface area contributed by atoms with Crippen LogP contribution < -0.4 is 4.72 Å². The first-order chi connectivity index (χ1) is 18.6. The number of carbonyl (C=O) groups excluding carboxylic acids is 1. The Hall–Kier alpha value is -2.11. The molecule has 0 aromatic heterocycles. The van der Waals surface area contributed by atoms with Crippen LogP contribution in [-0.2, 0) is 28.3 Å². The maximum Gasteiger partial charge on any atom is 0.508 e. The fourth-order valence-corrected chi connectivity index (χ4v) is 6.97. The van der Waals surface area contributed by atoms with Gasteiger partial charge in [0.1, 0.15) is 6.61 Å². The number of carbonyl (C=O) groups is 1. The van der Waals surface area contributed by atoms with Crippen molar-refractivity contribution < 1.29 is 36.5 Å². The lowest BCUT2D eigenvalue weighted by atomic mass is 10.1. The zero-order chi connectivity index (χ0) is 31.9. The van der Waals surface area contributed by atoms with E-state index in [9.17, 15) is 23.3 Å². The molecule has 0 fully saturated rings. The summed E-state index contributed by atoms with van der Waals surface area (Å²) in [6.45, 7) is 20.7. The molecule has 41 heavy (non-hydrogen) atoms. The topological polar surface area (TPSA) is 143 Å². The Balaban J connectivity index is 3.57. The second kappa shape index (κ2) is 14.4. The van der Waals surface area contributed by atoms with E-state index in [0.717, 1.165) is 6.07 Å². The van der Waals surface area contributed by atoms with E-state index in [4.69, 9.17) is 13.6 Å². The van der Waals surface area contributed by atoms with Crippen molar-refractivity contribution in [1.82, 2.24) is 4.72 Å². The van der Waals surface area contributed by atoms with Crippen LogP contribution >= 0.6 is 0 Å². The Morgan fingerprint density at radius 2 is 1.59 bits per heavy atom. The number of benzene rings is 1. The molecule has 0 heterocycles. The number of sulfonamides is 1. The Morgan fingerprint density at radius 3 is 2.10 bits per heavy atom. The maximum absolute atomic E-state index is 13.6. The summed E-state index contributed by atoms with van der Waals surface area (Å²) >= 11 is 0. The number of hydrogen-bond acceptors (Lipinski definition) is 9. The highest BCUT2D eigenvalue weighted by molar-refractivity contribution is 7.89. The van der Waals surface area contributed by atoms with Gasteiger partial charge < -0.3 is 18.3 Å². The number of para-hydroxylation sites is 1. The standard InChI is InChI=1S/C27H48N2O9SSi2/c1-26(2,3)40(8,9)37-20-21(28-39(33,34)24-18-13-12-16-22(24)29(31)32)23(38-41(10,11)27(4,5)6)17-14-15-19-36-25(30)35-7/h12-16,18,21,23,28H,17,19-20H2,1-11H3/b15-14+/t21-,23-/m1/s1. The Morgan fingerprint density at radius 1 is 1.02 bits per heavy atom. The Bertz CT molecular complexity index is 1170. The average Bonchev–Trinajstić information content (AvgIpc) is 2.83. The van der Waals surface area contributed by atoms with Gasteiger partial charge in [-0.1, -0.05) is 65.8 Å². The van der Waals surface area contributed by atoms with Crippen molar-refractivity contribution in [1.29, 1.82) is 0 Å². The summed E-state index contributed by atoms with van der Waals surface area (Å²) in [5, 5.41) is 11.3. The molecule has 0 unspecified atom stereocenters. The van der Waals surface area contributed by atoms with Gasteiger partial charge in [0.25, 0.3) is 5.69 Å². The van der Waals surface area contributed by atoms with Gasteiger partial charge in [-0.05, 0) is 48.8 Å². The van der Waals surface area contributed by atoms with Gasteiger partial charge in [0, 0.05) is 6.07 Å². The lowest BCUT2D eigenvalue weighted by Crippen LogP contribution is -2.55. The van der Waals surface area contributed by atoms with E-state index < -0.39 is 60.5 Å². The molecule has 11 nitrogen and oxygen atoms in total. The summed E-state index contributed by atoms with van der Waals surface area (Å²) in [5.41, 5.74) is -0.522. The van der Waals surface area contributed by atoms with Crippen molar-refractivity contribution in [2.45, 2.75) is 101 Å². The van der Waals surface area contributed by atoms with Crippen molar-refractivity contribution in [3.05, 3.63) is 46.5 Å². The summed E-state index contributed by atoms with van der Waals surface area (Å²) in [6, 6.07) is 4.34. The second-order valence-electron chi connectivity index (χ2n) is 12.9. The molecule has 0 aliphatic carbocycles. The van der Waals surface area contributed by atoms with Gasteiger partial charge in [0.15, 0.2) is 21.5 Å². The van der Waals surface area contributed by atoms with E-state index in [1.54, 1.807) is 12.2 Å². The number of rotatable bonds is 14. The third-order valence-electron chi connectivity index (χ3n) is 7.79. The first kappa shape index (κ1) is 36.9. The third kappa shape index (κ3) is 10.9. The fourth-order valence-electron chi connectivity index (χ4n) is 3.15. The number of hydrogen-bond donors (Lipinski definition) is 1. The minimum Gasteiger partial charge on any atom is -0.438 e. The summed E-state index contributed by atoms with van der Waals surface area (Å²) < 4.78 is 52.6. The fraction of sp³-hybridized carbons (Fsp3) is 0.667. The Labute approximate surface area is 247 Å². The quantitative estimate of drug-likeness (QED) is 0.0812. The molecular weight excluding hydrogens is 585 g/mol. The molecule has 0 spiro atoms. The van der Waals surface area contributed by atoms with Gasteiger partial charge in [-0.2, -0.15) is 0 Å². The molecular formula is C27H48N2O9SSi2. The zero-order valence-corrected chi connectivity index (χ0v) is 29.1. The molecule has 1 aromatic rings. The first-order valence-corrected chi connectivity index (χ1v) is 20.8. The summed E-state index contributed by atoms with van der Waals surface area (Å²) in [7, 11) is -7.92. The summed E-state index contributed by atoms with van der Waals surface area (Å²) in [6.07, 6.45) is 2.14. The molecule has 14 heteroatoms. The van der Waals surface area contributed by atoms with Crippen molar-refractivity contribution in [2.75, 3.05) is 20.3 Å².